The highest BCUT2D eigenvalue weighted by molar-refractivity contribution is 7.89. The monoisotopic (exact) mass is 471 g/mol. The van der Waals surface area contributed by atoms with E-state index in [1.807, 2.05) is 31.2 Å². The van der Waals surface area contributed by atoms with Gasteiger partial charge in [0.1, 0.15) is 5.75 Å². The molecule has 9 nitrogen and oxygen atoms in total. The van der Waals surface area contributed by atoms with Crippen molar-refractivity contribution in [3.8, 4) is 5.75 Å². The molecule has 0 radical (unpaired) electrons. The maximum absolute atomic E-state index is 13.1. The van der Waals surface area contributed by atoms with Crippen LogP contribution in [-0.4, -0.2) is 61.4 Å². The molecule has 1 saturated heterocycles. The van der Waals surface area contributed by atoms with Crippen molar-refractivity contribution >= 4 is 33.1 Å². The van der Waals surface area contributed by atoms with E-state index in [4.69, 9.17) is 9.15 Å². The highest BCUT2D eigenvalue weighted by Crippen LogP contribution is 2.23. The SMILES string of the molecule is CCn1c(=O)oc2cc(S(=O)(=O)N3CCN(C(=O)C=Cc4ccccc4OC)CC3)ccc21. The van der Waals surface area contributed by atoms with Gasteiger partial charge in [-0.25, -0.2) is 13.2 Å². The van der Waals surface area contributed by atoms with Crippen LogP contribution in [0.3, 0.4) is 0 Å². The lowest BCUT2D eigenvalue weighted by Gasteiger charge is -2.33. The molecule has 0 atom stereocenters. The zero-order valence-corrected chi connectivity index (χ0v) is 19.2. The van der Waals surface area contributed by atoms with E-state index in [9.17, 15) is 18.0 Å². The van der Waals surface area contributed by atoms with E-state index in [1.54, 1.807) is 24.2 Å². The van der Waals surface area contributed by atoms with Crippen molar-refractivity contribution in [1.29, 1.82) is 0 Å². The van der Waals surface area contributed by atoms with Gasteiger partial charge in [0.15, 0.2) is 5.58 Å². The third kappa shape index (κ3) is 4.44. The fourth-order valence-corrected chi connectivity index (χ4v) is 5.31. The number of fused-ring (bicyclic) bond motifs is 1. The molecule has 33 heavy (non-hydrogen) atoms. The molecule has 2 heterocycles. The van der Waals surface area contributed by atoms with Gasteiger partial charge >= 0.3 is 5.76 Å². The number of methoxy groups -OCH3 is 1. The average Bonchev–Trinajstić information content (AvgIpc) is 3.16. The van der Waals surface area contributed by atoms with Crippen molar-refractivity contribution in [3.05, 3.63) is 64.7 Å². The predicted molar refractivity (Wildman–Crippen MR) is 124 cm³/mol. The second kappa shape index (κ2) is 9.24. The lowest BCUT2D eigenvalue weighted by atomic mass is 10.2. The third-order valence-corrected chi connectivity index (χ3v) is 7.58. The number of piperazine rings is 1. The molecule has 174 valence electrons. The number of aromatic nitrogens is 1. The van der Waals surface area contributed by atoms with Crippen molar-refractivity contribution in [2.45, 2.75) is 18.4 Å². The Balaban J connectivity index is 1.44. The summed E-state index contributed by atoms with van der Waals surface area (Å²) in [5, 5.41) is 0. The summed E-state index contributed by atoms with van der Waals surface area (Å²) in [6.07, 6.45) is 3.16. The molecule has 1 aliphatic rings. The average molecular weight is 472 g/mol. The minimum atomic E-state index is -3.79. The molecule has 0 unspecified atom stereocenters. The van der Waals surface area contributed by atoms with E-state index < -0.39 is 15.8 Å². The van der Waals surface area contributed by atoms with Gasteiger partial charge in [0.25, 0.3) is 0 Å². The number of carbonyl (C=O) groups is 1. The van der Waals surface area contributed by atoms with Crippen molar-refractivity contribution < 1.29 is 22.4 Å². The van der Waals surface area contributed by atoms with Crippen LogP contribution in [-0.2, 0) is 21.4 Å². The lowest BCUT2D eigenvalue weighted by Crippen LogP contribution is -2.50. The van der Waals surface area contributed by atoms with E-state index >= 15 is 0 Å². The molecule has 10 heteroatoms. The number of rotatable bonds is 6. The summed E-state index contributed by atoms with van der Waals surface area (Å²) in [5.74, 6) is -0.0445. The Morgan fingerprint density at radius 3 is 2.55 bits per heavy atom. The van der Waals surface area contributed by atoms with Crippen LogP contribution in [0.15, 0.2) is 62.6 Å². The summed E-state index contributed by atoms with van der Waals surface area (Å²) in [6, 6.07) is 11.8. The normalized spacial score (nSPS) is 15.4. The zero-order chi connectivity index (χ0) is 23.6. The number of aryl methyl sites for hydroxylation is 1. The molecule has 4 rings (SSSR count). The van der Waals surface area contributed by atoms with E-state index in [1.165, 1.54) is 27.1 Å². The predicted octanol–water partition coefficient (Wildman–Crippen LogP) is 2.17. The highest BCUT2D eigenvalue weighted by atomic mass is 32.2. The van der Waals surface area contributed by atoms with Crippen LogP contribution in [0.5, 0.6) is 5.75 Å². The number of nitrogens with zero attached hydrogens (tertiary/aromatic N) is 3. The topological polar surface area (TPSA) is 102 Å². The minimum Gasteiger partial charge on any atom is -0.496 e. The summed E-state index contributed by atoms with van der Waals surface area (Å²) < 4.78 is 39.5. The number of para-hydroxylation sites is 1. The summed E-state index contributed by atoms with van der Waals surface area (Å²) in [6.45, 7) is 3.14. The molecule has 2 aromatic carbocycles. The number of carbonyl (C=O) groups excluding carboxylic acids is 1. The van der Waals surface area contributed by atoms with Gasteiger partial charge in [-0.1, -0.05) is 18.2 Å². The van der Waals surface area contributed by atoms with Gasteiger partial charge in [0.05, 0.1) is 17.5 Å². The quantitative estimate of drug-likeness (QED) is 0.511. The molecule has 1 fully saturated rings. The summed E-state index contributed by atoms with van der Waals surface area (Å²) in [5.41, 5.74) is 1.57. The van der Waals surface area contributed by atoms with Crippen LogP contribution < -0.4 is 10.5 Å². The van der Waals surface area contributed by atoms with E-state index in [0.29, 0.717) is 17.8 Å². The van der Waals surface area contributed by atoms with Crippen LogP contribution in [0.25, 0.3) is 17.2 Å². The summed E-state index contributed by atoms with van der Waals surface area (Å²) in [7, 11) is -2.22. The minimum absolute atomic E-state index is 0.0582. The Kier molecular flexibility index (Phi) is 6.39. The maximum Gasteiger partial charge on any atom is 0.419 e. The molecule has 0 saturated carbocycles. The number of hydrogen-bond acceptors (Lipinski definition) is 6. The third-order valence-electron chi connectivity index (χ3n) is 5.69. The van der Waals surface area contributed by atoms with Gasteiger partial charge in [-0.05, 0) is 31.2 Å². The smallest absolute Gasteiger partial charge is 0.419 e. The number of sulfonamides is 1. The number of ether oxygens (including phenoxy) is 1. The number of oxazole rings is 1. The number of benzene rings is 2. The van der Waals surface area contributed by atoms with Crippen molar-refractivity contribution in [2.24, 2.45) is 0 Å². The molecule has 3 aromatic rings. The van der Waals surface area contributed by atoms with Crippen LogP contribution >= 0.6 is 0 Å². The van der Waals surface area contributed by atoms with Crippen molar-refractivity contribution in [3.63, 3.8) is 0 Å². The van der Waals surface area contributed by atoms with Gasteiger partial charge in [-0.3, -0.25) is 9.36 Å². The van der Waals surface area contributed by atoms with Gasteiger partial charge < -0.3 is 14.1 Å². The zero-order valence-electron chi connectivity index (χ0n) is 18.4. The lowest BCUT2D eigenvalue weighted by molar-refractivity contribution is -0.127. The van der Waals surface area contributed by atoms with Crippen LogP contribution in [0.1, 0.15) is 12.5 Å². The first-order valence-corrected chi connectivity index (χ1v) is 12.0. The first-order valence-electron chi connectivity index (χ1n) is 10.6. The number of hydrogen-bond donors (Lipinski definition) is 0. The molecule has 0 N–H and O–H groups in total. The molecule has 1 aliphatic heterocycles. The van der Waals surface area contributed by atoms with Crippen molar-refractivity contribution in [1.82, 2.24) is 13.8 Å². The van der Waals surface area contributed by atoms with E-state index in [0.717, 1.165) is 5.56 Å². The van der Waals surface area contributed by atoms with Crippen LogP contribution in [0.2, 0.25) is 0 Å². The van der Waals surface area contributed by atoms with Crippen LogP contribution in [0, 0.1) is 0 Å². The first-order chi connectivity index (χ1) is 15.8. The van der Waals surface area contributed by atoms with Gasteiger partial charge in [-0.2, -0.15) is 4.31 Å². The molecular formula is C23H25N3O6S. The van der Waals surface area contributed by atoms with Crippen LogP contribution in [0.4, 0.5) is 0 Å². The van der Waals surface area contributed by atoms with E-state index in [-0.39, 0.29) is 42.6 Å². The molecule has 0 aliphatic carbocycles. The second-order valence-electron chi connectivity index (χ2n) is 7.55. The fourth-order valence-electron chi connectivity index (χ4n) is 3.88. The largest absolute Gasteiger partial charge is 0.496 e. The highest BCUT2D eigenvalue weighted by Gasteiger charge is 2.30. The van der Waals surface area contributed by atoms with Gasteiger partial charge in [0, 0.05) is 50.4 Å². The molecule has 1 amide bonds. The molecular weight excluding hydrogens is 446 g/mol. The van der Waals surface area contributed by atoms with Gasteiger partial charge in [-0.15, -0.1) is 0 Å². The summed E-state index contributed by atoms with van der Waals surface area (Å²) >= 11 is 0. The Morgan fingerprint density at radius 1 is 1.12 bits per heavy atom. The number of amides is 1. The summed E-state index contributed by atoms with van der Waals surface area (Å²) in [4.78, 5) is 26.2. The van der Waals surface area contributed by atoms with E-state index in [2.05, 4.69) is 0 Å². The van der Waals surface area contributed by atoms with Crippen molar-refractivity contribution in [2.75, 3.05) is 33.3 Å². The molecule has 0 spiro atoms. The Hall–Kier alpha value is -3.37. The maximum atomic E-state index is 13.1. The Bertz CT molecular complexity index is 1360. The fraction of sp³-hybridized carbons (Fsp3) is 0.304. The Morgan fingerprint density at radius 2 is 1.85 bits per heavy atom. The second-order valence-corrected chi connectivity index (χ2v) is 9.48. The van der Waals surface area contributed by atoms with Gasteiger partial charge in [0.2, 0.25) is 15.9 Å². The Labute approximate surface area is 191 Å². The first kappa shape index (κ1) is 22.8. The molecule has 1 aromatic heterocycles. The molecule has 0 bridgehead atoms. The standard InChI is InChI=1S/C23H25N3O6S/c1-3-26-19-10-9-18(16-21(19)32-23(26)28)33(29,30)25-14-12-24(13-15-25)22(27)11-8-17-6-4-5-7-20(17)31-2/h4-11,16H,3,12-15H2,1-2H3.